The Morgan fingerprint density at radius 3 is 2.20 bits per heavy atom. The third-order valence-electron chi connectivity index (χ3n) is 3.54. The molecular weight excluding hydrogens is 264 g/mol. The molecule has 1 aromatic rings. The Kier molecular flexibility index (Phi) is 5.06. The summed E-state index contributed by atoms with van der Waals surface area (Å²) in [5.41, 5.74) is 3.80. The van der Waals surface area contributed by atoms with Gasteiger partial charge in [-0.3, -0.25) is 0 Å². The lowest BCUT2D eigenvalue weighted by atomic mass is 9.94. The van der Waals surface area contributed by atoms with Gasteiger partial charge in [-0.1, -0.05) is 30.3 Å². The number of aliphatic hydroxyl groups excluding tert-OH is 5. The molecular formula is C13H20N2O5. The molecule has 0 radical (unpaired) electrons. The van der Waals surface area contributed by atoms with Crippen LogP contribution in [0.5, 0.6) is 0 Å². The van der Waals surface area contributed by atoms with E-state index in [0.717, 1.165) is 5.56 Å². The zero-order valence-electron chi connectivity index (χ0n) is 10.9. The van der Waals surface area contributed by atoms with Crippen molar-refractivity contribution in [2.75, 3.05) is 6.61 Å². The van der Waals surface area contributed by atoms with Crippen LogP contribution in [-0.2, 0) is 6.54 Å². The van der Waals surface area contributed by atoms with E-state index in [1.807, 2.05) is 30.3 Å². The van der Waals surface area contributed by atoms with Gasteiger partial charge in [0, 0.05) is 6.54 Å². The monoisotopic (exact) mass is 284 g/mol. The highest BCUT2D eigenvalue weighted by molar-refractivity contribution is 5.14. The van der Waals surface area contributed by atoms with E-state index in [1.54, 1.807) is 0 Å². The van der Waals surface area contributed by atoms with Gasteiger partial charge in [0.1, 0.15) is 24.5 Å². The summed E-state index contributed by atoms with van der Waals surface area (Å²) >= 11 is 0. The number of hydrazine groups is 1. The molecule has 0 spiro atoms. The van der Waals surface area contributed by atoms with Crippen molar-refractivity contribution in [1.29, 1.82) is 0 Å². The van der Waals surface area contributed by atoms with E-state index < -0.39 is 37.2 Å². The van der Waals surface area contributed by atoms with E-state index in [4.69, 9.17) is 0 Å². The molecule has 0 bridgehead atoms. The maximum absolute atomic E-state index is 9.94. The predicted molar refractivity (Wildman–Crippen MR) is 70.0 cm³/mol. The normalized spacial score (nSPS) is 35.1. The third-order valence-corrected chi connectivity index (χ3v) is 3.54. The summed E-state index contributed by atoms with van der Waals surface area (Å²) in [5.74, 6) is 0. The standard InChI is InChI=1S/C13H20N2O5/c16-7-9-10(17)11(18)12(19)13(20)15(9)14-6-8-4-2-1-3-5-8/h1-5,9-14,16-20H,6-7H2/t9-,10-,11+,12-,13?/m1/s1. The molecule has 7 nitrogen and oxygen atoms in total. The second kappa shape index (κ2) is 6.59. The second-order valence-corrected chi connectivity index (χ2v) is 4.86. The van der Waals surface area contributed by atoms with Crippen molar-refractivity contribution in [3.8, 4) is 0 Å². The fourth-order valence-corrected chi connectivity index (χ4v) is 2.32. The lowest BCUT2D eigenvalue weighted by molar-refractivity contribution is -0.238. The molecule has 1 aliphatic heterocycles. The number of rotatable bonds is 4. The fraction of sp³-hybridized carbons (Fsp3) is 0.538. The van der Waals surface area contributed by atoms with Crippen LogP contribution in [0.3, 0.4) is 0 Å². The molecule has 1 aromatic carbocycles. The van der Waals surface area contributed by atoms with E-state index in [0.29, 0.717) is 6.54 Å². The van der Waals surface area contributed by atoms with Gasteiger partial charge in [-0.2, -0.15) is 0 Å². The molecule has 7 heteroatoms. The number of hydrogen-bond acceptors (Lipinski definition) is 7. The quantitative estimate of drug-likeness (QED) is 0.370. The third kappa shape index (κ3) is 2.99. The van der Waals surface area contributed by atoms with Crippen LogP contribution in [0, 0.1) is 0 Å². The summed E-state index contributed by atoms with van der Waals surface area (Å²) < 4.78 is 0. The molecule has 1 aliphatic rings. The highest BCUT2D eigenvalue weighted by Gasteiger charge is 2.46. The Balaban J connectivity index is 2.07. The molecule has 0 amide bonds. The maximum Gasteiger partial charge on any atom is 0.148 e. The highest BCUT2D eigenvalue weighted by Crippen LogP contribution is 2.21. The minimum atomic E-state index is -1.52. The van der Waals surface area contributed by atoms with Crippen LogP contribution in [0.2, 0.25) is 0 Å². The summed E-state index contributed by atoms with van der Waals surface area (Å²) in [4.78, 5) is 0. The average Bonchev–Trinajstić information content (AvgIpc) is 2.48. The van der Waals surface area contributed by atoms with Crippen LogP contribution in [0.25, 0.3) is 0 Å². The molecule has 0 aromatic heterocycles. The van der Waals surface area contributed by atoms with Crippen LogP contribution in [0.15, 0.2) is 30.3 Å². The van der Waals surface area contributed by atoms with Gasteiger partial charge in [-0.05, 0) is 5.56 Å². The summed E-state index contributed by atoms with van der Waals surface area (Å²) in [7, 11) is 0. The zero-order chi connectivity index (χ0) is 14.7. The van der Waals surface area contributed by atoms with Crippen molar-refractivity contribution in [2.45, 2.75) is 37.1 Å². The number of benzene rings is 1. The Bertz CT molecular complexity index is 418. The Morgan fingerprint density at radius 1 is 0.950 bits per heavy atom. The van der Waals surface area contributed by atoms with Gasteiger partial charge >= 0.3 is 0 Å². The number of piperidine rings is 1. The predicted octanol–water partition coefficient (Wildman–Crippen LogP) is -2.23. The molecule has 6 N–H and O–H groups in total. The number of hydrogen-bond donors (Lipinski definition) is 6. The molecule has 1 saturated heterocycles. The summed E-state index contributed by atoms with van der Waals surface area (Å²) in [5, 5.41) is 49.5. The van der Waals surface area contributed by atoms with E-state index in [2.05, 4.69) is 5.43 Å². The van der Waals surface area contributed by atoms with Gasteiger partial charge in [0.2, 0.25) is 0 Å². The molecule has 112 valence electrons. The first-order chi connectivity index (χ1) is 9.56. The Morgan fingerprint density at radius 2 is 1.60 bits per heavy atom. The van der Waals surface area contributed by atoms with Crippen LogP contribution in [0.4, 0.5) is 0 Å². The fourth-order valence-electron chi connectivity index (χ4n) is 2.32. The zero-order valence-corrected chi connectivity index (χ0v) is 10.9. The first-order valence-corrected chi connectivity index (χ1v) is 6.45. The van der Waals surface area contributed by atoms with Crippen LogP contribution in [0.1, 0.15) is 5.56 Å². The minimum Gasteiger partial charge on any atom is -0.395 e. The van der Waals surface area contributed by atoms with Crippen molar-refractivity contribution in [1.82, 2.24) is 10.4 Å². The van der Waals surface area contributed by atoms with Crippen molar-refractivity contribution in [3.63, 3.8) is 0 Å². The molecule has 1 fully saturated rings. The largest absolute Gasteiger partial charge is 0.395 e. The van der Waals surface area contributed by atoms with Gasteiger partial charge in [0.25, 0.3) is 0 Å². The SMILES string of the molecule is OC[C@@H]1[C@@H](O)[C@H](O)[C@@H](O)C(O)N1NCc1ccccc1. The van der Waals surface area contributed by atoms with Gasteiger partial charge in [0.05, 0.1) is 12.6 Å². The molecule has 0 aliphatic carbocycles. The van der Waals surface area contributed by atoms with Crippen LogP contribution >= 0.6 is 0 Å². The summed E-state index contributed by atoms with van der Waals surface area (Å²) in [6.07, 6.45) is -5.80. The smallest absolute Gasteiger partial charge is 0.148 e. The molecule has 5 atom stereocenters. The first kappa shape index (κ1) is 15.3. The van der Waals surface area contributed by atoms with E-state index in [-0.39, 0.29) is 0 Å². The summed E-state index contributed by atoms with van der Waals surface area (Å²) in [6, 6.07) is 8.44. The molecule has 20 heavy (non-hydrogen) atoms. The van der Waals surface area contributed by atoms with Gasteiger partial charge < -0.3 is 25.5 Å². The lowest BCUT2D eigenvalue weighted by Gasteiger charge is -2.46. The Labute approximate surface area is 116 Å². The van der Waals surface area contributed by atoms with Crippen molar-refractivity contribution in [3.05, 3.63) is 35.9 Å². The van der Waals surface area contributed by atoms with E-state index in [9.17, 15) is 25.5 Å². The minimum absolute atomic E-state index is 0.351. The van der Waals surface area contributed by atoms with Crippen molar-refractivity contribution >= 4 is 0 Å². The maximum atomic E-state index is 9.94. The van der Waals surface area contributed by atoms with Crippen molar-refractivity contribution in [2.24, 2.45) is 0 Å². The van der Waals surface area contributed by atoms with Crippen LogP contribution < -0.4 is 5.43 Å². The number of nitrogens with zero attached hydrogens (tertiary/aromatic N) is 1. The van der Waals surface area contributed by atoms with Crippen LogP contribution in [-0.4, -0.2) is 67.7 Å². The van der Waals surface area contributed by atoms with E-state index >= 15 is 0 Å². The van der Waals surface area contributed by atoms with Gasteiger partial charge in [-0.25, -0.2) is 10.4 Å². The van der Waals surface area contributed by atoms with Crippen molar-refractivity contribution < 1.29 is 25.5 Å². The first-order valence-electron chi connectivity index (χ1n) is 6.45. The Hall–Kier alpha value is -1.06. The molecule has 1 heterocycles. The highest BCUT2D eigenvalue weighted by atomic mass is 16.4. The molecule has 2 rings (SSSR count). The number of aliphatic hydroxyl groups is 5. The average molecular weight is 284 g/mol. The van der Waals surface area contributed by atoms with Gasteiger partial charge in [0.15, 0.2) is 0 Å². The molecule has 1 unspecified atom stereocenters. The topological polar surface area (TPSA) is 116 Å². The molecule has 0 saturated carbocycles. The lowest BCUT2D eigenvalue weighted by Crippen LogP contribution is -2.70. The summed E-state index contributed by atoms with van der Waals surface area (Å²) in [6.45, 7) is -0.117. The van der Waals surface area contributed by atoms with E-state index in [1.165, 1.54) is 5.01 Å². The van der Waals surface area contributed by atoms with Gasteiger partial charge in [-0.15, -0.1) is 0 Å². The second-order valence-electron chi connectivity index (χ2n) is 4.86. The number of nitrogens with one attached hydrogen (secondary N) is 1.